The van der Waals surface area contributed by atoms with Crippen LogP contribution in [0, 0.1) is 18.8 Å². The van der Waals surface area contributed by atoms with Gasteiger partial charge < -0.3 is 19.5 Å². The Bertz CT molecular complexity index is 1260. The number of anilines is 1. The molecule has 2 aliphatic carbocycles. The highest BCUT2D eigenvalue weighted by Gasteiger charge is 2.32. The van der Waals surface area contributed by atoms with Crippen LogP contribution in [0.15, 0.2) is 42.6 Å². The molecule has 0 spiro atoms. The Balaban J connectivity index is 1.33. The molecule has 1 aromatic carbocycles. The zero-order valence-corrected chi connectivity index (χ0v) is 24.0. The first kappa shape index (κ1) is 27.6. The summed E-state index contributed by atoms with van der Waals surface area (Å²) in [5.41, 5.74) is 4.05. The lowest BCUT2D eigenvalue weighted by Crippen LogP contribution is -2.41. The van der Waals surface area contributed by atoms with Crippen molar-refractivity contribution in [2.24, 2.45) is 11.8 Å². The number of nitrogens with zero attached hydrogens (tertiary/aromatic N) is 3. The predicted molar refractivity (Wildman–Crippen MR) is 155 cm³/mol. The minimum atomic E-state index is -0.280. The lowest BCUT2D eigenvalue weighted by molar-refractivity contribution is -0.124. The highest BCUT2D eigenvalue weighted by atomic mass is 32.1. The number of hydrogen-bond donors (Lipinski definition) is 1. The van der Waals surface area contributed by atoms with E-state index in [-0.39, 0.29) is 17.9 Å². The third-order valence-corrected chi connectivity index (χ3v) is 9.41. The van der Waals surface area contributed by atoms with Gasteiger partial charge in [0.25, 0.3) is 5.19 Å². The van der Waals surface area contributed by atoms with E-state index < -0.39 is 0 Å². The monoisotopic (exact) mass is 549 g/mol. The lowest BCUT2D eigenvalue weighted by atomic mass is 9.79. The summed E-state index contributed by atoms with van der Waals surface area (Å²) in [4.78, 5) is 26.1. The standard InChI is InChI=1S/C31H39N3O4S/c1-20-28(37-2)16-15-27(33-20)22-9-7-21(8-10-22)19-34(30(36)23-11-13-26(35)14-12-23)25-6-4-5-24(17-25)29-18-32-31(38-3)39-29/h4-6,15-18,21-23,26,35H,7-14,19H2,1-3H3. The van der Waals surface area contributed by atoms with E-state index in [1.54, 1.807) is 14.2 Å². The van der Waals surface area contributed by atoms with Crippen LogP contribution in [-0.2, 0) is 4.79 Å². The Morgan fingerprint density at radius 2 is 1.79 bits per heavy atom. The fourth-order valence-electron chi connectivity index (χ4n) is 6.09. The number of aryl methyl sites for hydroxylation is 1. The summed E-state index contributed by atoms with van der Waals surface area (Å²) in [5.74, 6) is 1.86. The van der Waals surface area contributed by atoms with Crippen molar-refractivity contribution in [3.05, 3.63) is 54.0 Å². The van der Waals surface area contributed by atoms with E-state index >= 15 is 0 Å². The molecule has 5 rings (SSSR count). The van der Waals surface area contributed by atoms with E-state index in [0.29, 0.717) is 29.9 Å². The number of carbonyl (C=O) groups is 1. The van der Waals surface area contributed by atoms with Crippen molar-refractivity contribution in [1.82, 2.24) is 9.97 Å². The van der Waals surface area contributed by atoms with Gasteiger partial charge in [0, 0.05) is 36.0 Å². The van der Waals surface area contributed by atoms with E-state index in [4.69, 9.17) is 14.5 Å². The number of thiazole rings is 1. The van der Waals surface area contributed by atoms with E-state index in [1.807, 2.05) is 36.2 Å². The van der Waals surface area contributed by atoms with E-state index in [1.165, 1.54) is 11.3 Å². The minimum Gasteiger partial charge on any atom is -0.495 e. The van der Waals surface area contributed by atoms with E-state index in [0.717, 1.165) is 78.3 Å². The smallest absolute Gasteiger partial charge is 0.273 e. The average Bonchev–Trinajstić information content (AvgIpc) is 3.46. The molecule has 1 amide bonds. The largest absolute Gasteiger partial charge is 0.495 e. The highest BCUT2D eigenvalue weighted by molar-refractivity contribution is 7.16. The third kappa shape index (κ3) is 6.44. The van der Waals surface area contributed by atoms with Gasteiger partial charge in [0.2, 0.25) is 5.91 Å². The zero-order valence-electron chi connectivity index (χ0n) is 23.1. The van der Waals surface area contributed by atoms with Crippen molar-refractivity contribution in [3.63, 3.8) is 0 Å². The molecule has 3 aromatic rings. The van der Waals surface area contributed by atoms with Gasteiger partial charge in [-0.1, -0.05) is 23.5 Å². The summed E-state index contributed by atoms with van der Waals surface area (Å²) >= 11 is 1.50. The van der Waals surface area contributed by atoms with E-state index in [2.05, 4.69) is 23.2 Å². The number of aliphatic hydroxyl groups is 1. The minimum absolute atomic E-state index is 0.0385. The van der Waals surface area contributed by atoms with Crippen molar-refractivity contribution in [2.75, 3.05) is 25.7 Å². The predicted octanol–water partition coefficient (Wildman–Crippen LogP) is 6.39. The number of amides is 1. The first-order valence-corrected chi connectivity index (χ1v) is 14.9. The molecule has 1 N–H and O–H groups in total. The Hall–Kier alpha value is -2.97. The van der Waals surface area contributed by atoms with Crippen LogP contribution in [-0.4, -0.2) is 47.8 Å². The molecule has 0 bridgehead atoms. The summed E-state index contributed by atoms with van der Waals surface area (Å²) < 4.78 is 10.7. The lowest BCUT2D eigenvalue weighted by Gasteiger charge is -2.35. The van der Waals surface area contributed by atoms with Crippen molar-refractivity contribution >= 4 is 22.9 Å². The van der Waals surface area contributed by atoms with Crippen LogP contribution in [0.4, 0.5) is 5.69 Å². The van der Waals surface area contributed by atoms with Gasteiger partial charge >= 0.3 is 0 Å². The summed E-state index contributed by atoms with van der Waals surface area (Å²) in [6, 6.07) is 12.4. The quantitative estimate of drug-likeness (QED) is 0.351. The second kappa shape index (κ2) is 12.5. The molecule has 2 saturated carbocycles. The Morgan fingerprint density at radius 1 is 1.03 bits per heavy atom. The molecule has 7 nitrogen and oxygen atoms in total. The van der Waals surface area contributed by atoms with Gasteiger partial charge in [-0.15, -0.1) is 0 Å². The van der Waals surface area contributed by atoms with Crippen LogP contribution < -0.4 is 14.4 Å². The topological polar surface area (TPSA) is 84.8 Å². The second-order valence-corrected chi connectivity index (χ2v) is 11.9. The van der Waals surface area contributed by atoms with Gasteiger partial charge in [-0.05, 0) is 94.0 Å². The van der Waals surface area contributed by atoms with Crippen LogP contribution in [0.25, 0.3) is 10.4 Å². The molecule has 0 unspecified atom stereocenters. The number of benzene rings is 1. The summed E-state index contributed by atoms with van der Waals surface area (Å²) in [6.07, 6.45) is 8.71. The number of methoxy groups -OCH3 is 2. The fourth-order valence-corrected chi connectivity index (χ4v) is 6.82. The number of hydrogen-bond acceptors (Lipinski definition) is 7. The SMILES string of the molecule is COc1ncc(-c2cccc(N(CC3CCC(c4ccc(OC)c(C)n4)CC3)C(=O)C3CCC(O)CC3)c2)s1. The van der Waals surface area contributed by atoms with Crippen molar-refractivity contribution < 1.29 is 19.4 Å². The molecule has 2 aliphatic rings. The van der Waals surface area contributed by atoms with Crippen molar-refractivity contribution in [1.29, 1.82) is 0 Å². The Morgan fingerprint density at radius 3 is 2.46 bits per heavy atom. The molecule has 2 heterocycles. The van der Waals surface area contributed by atoms with Gasteiger partial charge in [0.1, 0.15) is 5.75 Å². The third-order valence-electron chi connectivity index (χ3n) is 8.40. The molecule has 0 aliphatic heterocycles. The number of rotatable bonds is 8. The number of aliphatic hydroxyl groups excluding tert-OH is 1. The van der Waals surface area contributed by atoms with Crippen LogP contribution >= 0.6 is 11.3 Å². The summed E-state index contributed by atoms with van der Waals surface area (Å²) in [5, 5.41) is 10.7. The molecule has 208 valence electrons. The second-order valence-electron chi connectivity index (χ2n) is 10.9. The van der Waals surface area contributed by atoms with Crippen molar-refractivity contribution in [2.45, 2.75) is 70.3 Å². The van der Waals surface area contributed by atoms with Crippen LogP contribution in [0.1, 0.15) is 68.7 Å². The maximum Gasteiger partial charge on any atom is 0.273 e. The van der Waals surface area contributed by atoms with Crippen LogP contribution in [0.5, 0.6) is 10.9 Å². The van der Waals surface area contributed by atoms with E-state index in [9.17, 15) is 9.90 Å². The molecule has 0 atom stereocenters. The number of ether oxygens (including phenoxy) is 2. The Labute approximate surface area is 235 Å². The van der Waals surface area contributed by atoms with Gasteiger partial charge in [0.05, 0.1) is 30.9 Å². The summed E-state index contributed by atoms with van der Waals surface area (Å²) in [7, 11) is 3.31. The number of pyridine rings is 1. The molecule has 2 aromatic heterocycles. The van der Waals surface area contributed by atoms with Crippen LogP contribution in [0.3, 0.4) is 0 Å². The van der Waals surface area contributed by atoms with Gasteiger partial charge in [-0.3, -0.25) is 9.78 Å². The molecule has 0 saturated heterocycles. The maximum atomic E-state index is 14.0. The zero-order chi connectivity index (χ0) is 27.4. The highest BCUT2D eigenvalue weighted by Crippen LogP contribution is 2.38. The maximum absolute atomic E-state index is 14.0. The molecule has 2 fully saturated rings. The number of carbonyl (C=O) groups excluding carboxylic acids is 1. The average molecular weight is 550 g/mol. The van der Waals surface area contributed by atoms with Gasteiger partial charge in [-0.25, -0.2) is 4.98 Å². The Kier molecular flexibility index (Phi) is 8.82. The molecule has 0 radical (unpaired) electrons. The molecule has 8 heteroatoms. The number of aromatic nitrogens is 2. The van der Waals surface area contributed by atoms with Crippen LogP contribution in [0.2, 0.25) is 0 Å². The molecular weight excluding hydrogens is 510 g/mol. The van der Waals surface area contributed by atoms with Gasteiger partial charge in [0.15, 0.2) is 0 Å². The molecular formula is C31H39N3O4S. The van der Waals surface area contributed by atoms with Gasteiger partial charge in [-0.2, -0.15) is 0 Å². The van der Waals surface area contributed by atoms with Crippen molar-refractivity contribution in [3.8, 4) is 21.4 Å². The fraction of sp³-hybridized carbons (Fsp3) is 0.516. The first-order chi connectivity index (χ1) is 18.9. The summed E-state index contributed by atoms with van der Waals surface area (Å²) in [6.45, 7) is 2.72. The first-order valence-electron chi connectivity index (χ1n) is 14.1. The molecule has 39 heavy (non-hydrogen) atoms. The normalized spacial score (nSPS) is 23.3.